The molecule has 2 aromatic rings. The highest BCUT2D eigenvalue weighted by atomic mass is 32.3. The van der Waals surface area contributed by atoms with Gasteiger partial charge in [-0.15, -0.1) is 0 Å². The molecule has 8 nitrogen and oxygen atoms in total. The van der Waals surface area contributed by atoms with Crippen LogP contribution >= 0.6 is 0 Å². The molecule has 0 aliphatic rings. The summed E-state index contributed by atoms with van der Waals surface area (Å²) in [4.78, 5) is 1.97. The topological polar surface area (TPSA) is 140 Å². The van der Waals surface area contributed by atoms with E-state index in [0.717, 1.165) is 23.4 Å². The number of nitrogens with zero attached hydrogens (tertiary/aromatic N) is 3. The van der Waals surface area contributed by atoms with Crippen LogP contribution in [0.25, 0.3) is 0 Å². The summed E-state index contributed by atoms with van der Waals surface area (Å²) < 4.78 is 33.6. The minimum absolute atomic E-state index is 0.0688. The molecule has 154 valence electrons. The second-order valence-corrected chi connectivity index (χ2v) is 7.26. The van der Waals surface area contributed by atoms with Crippen molar-refractivity contribution < 1.29 is 17.2 Å². The SMILES string of the molecule is CCN(CCOS(=O)(=O)O)c1cccc(C)c1.Cc1cc(C#N)c(N)c(C#N)c1. The molecule has 0 saturated heterocycles. The van der Waals surface area contributed by atoms with Crippen molar-refractivity contribution in [1.29, 1.82) is 10.5 Å². The van der Waals surface area contributed by atoms with Crippen molar-refractivity contribution in [3.63, 3.8) is 0 Å². The zero-order valence-electron chi connectivity index (χ0n) is 16.6. The van der Waals surface area contributed by atoms with Crippen molar-refractivity contribution >= 4 is 21.8 Å². The number of nitriles is 2. The number of benzene rings is 2. The van der Waals surface area contributed by atoms with Gasteiger partial charge in [0.15, 0.2) is 0 Å². The van der Waals surface area contributed by atoms with Crippen molar-refractivity contribution in [1.82, 2.24) is 0 Å². The van der Waals surface area contributed by atoms with Gasteiger partial charge in [-0.3, -0.25) is 4.55 Å². The van der Waals surface area contributed by atoms with E-state index in [0.29, 0.717) is 17.7 Å². The molecule has 0 unspecified atom stereocenters. The molecule has 29 heavy (non-hydrogen) atoms. The molecule has 0 saturated carbocycles. The number of likely N-dealkylation sites (N-methyl/N-ethyl adjacent to an activating group) is 1. The van der Waals surface area contributed by atoms with Gasteiger partial charge in [0.2, 0.25) is 0 Å². The Balaban J connectivity index is 0.000000308. The Kier molecular flexibility index (Phi) is 9.10. The lowest BCUT2D eigenvalue weighted by Crippen LogP contribution is -2.27. The normalized spacial score (nSPS) is 10.3. The van der Waals surface area contributed by atoms with Crippen LogP contribution in [0.4, 0.5) is 11.4 Å². The third kappa shape index (κ3) is 8.20. The molecular weight excluding hydrogens is 392 g/mol. The Labute approximate surface area is 171 Å². The molecule has 0 aliphatic heterocycles. The van der Waals surface area contributed by atoms with Crippen LogP contribution in [-0.2, 0) is 14.6 Å². The minimum Gasteiger partial charge on any atom is -0.397 e. The Hall–Kier alpha value is -3.11. The van der Waals surface area contributed by atoms with Crippen LogP contribution in [0.2, 0.25) is 0 Å². The van der Waals surface area contributed by atoms with Crippen LogP contribution in [0.1, 0.15) is 29.2 Å². The van der Waals surface area contributed by atoms with E-state index in [1.807, 2.05) is 62.1 Å². The van der Waals surface area contributed by atoms with E-state index in [1.165, 1.54) is 0 Å². The Bertz CT molecular complexity index is 989. The maximum atomic E-state index is 10.4. The van der Waals surface area contributed by atoms with Gasteiger partial charge in [-0.25, -0.2) is 4.18 Å². The zero-order valence-corrected chi connectivity index (χ0v) is 17.4. The number of rotatable bonds is 6. The molecule has 0 aliphatic carbocycles. The number of nitrogen functional groups attached to an aromatic ring is 1. The summed E-state index contributed by atoms with van der Waals surface area (Å²) in [5.41, 5.74) is 9.55. The van der Waals surface area contributed by atoms with Gasteiger partial charge in [0, 0.05) is 18.8 Å². The number of anilines is 2. The Morgan fingerprint density at radius 3 is 2.14 bits per heavy atom. The van der Waals surface area contributed by atoms with E-state index < -0.39 is 10.4 Å². The summed E-state index contributed by atoms with van der Waals surface area (Å²) in [6.45, 7) is 6.85. The summed E-state index contributed by atoms with van der Waals surface area (Å²) >= 11 is 0. The van der Waals surface area contributed by atoms with Crippen molar-refractivity contribution in [2.45, 2.75) is 20.8 Å². The average Bonchev–Trinajstić information content (AvgIpc) is 2.66. The van der Waals surface area contributed by atoms with E-state index in [4.69, 9.17) is 20.8 Å². The van der Waals surface area contributed by atoms with Crippen molar-refractivity contribution in [2.75, 3.05) is 30.3 Å². The lowest BCUT2D eigenvalue weighted by molar-refractivity contribution is 0.274. The molecule has 3 N–H and O–H groups in total. The maximum absolute atomic E-state index is 10.4. The van der Waals surface area contributed by atoms with E-state index in [2.05, 4.69) is 4.18 Å². The highest BCUT2D eigenvalue weighted by Crippen LogP contribution is 2.18. The van der Waals surface area contributed by atoms with E-state index >= 15 is 0 Å². The third-order valence-electron chi connectivity index (χ3n) is 3.91. The molecule has 0 bridgehead atoms. The van der Waals surface area contributed by atoms with Crippen LogP contribution in [0.5, 0.6) is 0 Å². The van der Waals surface area contributed by atoms with Gasteiger partial charge < -0.3 is 10.6 Å². The maximum Gasteiger partial charge on any atom is 0.397 e. The largest absolute Gasteiger partial charge is 0.397 e. The van der Waals surface area contributed by atoms with Crippen molar-refractivity contribution in [3.05, 3.63) is 58.7 Å². The van der Waals surface area contributed by atoms with Crippen molar-refractivity contribution in [3.8, 4) is 12.1 Å². The third-order valence-corrected chi connectivity index (χ3v) is 4.37. The van der Waals surface area contributed by atoms with Crippen LogP contribution in [0.3, 0.4) is 0 Å². The van der Waals surface area contributed by atoms with Gasteiger partial charge in [0.25, 0.3) is 0 Å². The fraction of sp³-hybridized carbons (Fsp3) is 0.300. The van der Waals surface area contributed by atoms with Gasteiger partial charge >= 0.3 is 10.4 Å². The highest BCUT2D eigenvalue weighted by molar-refractivity contribution is 7.80. The first-order valence-electron chi connectivity index (χ1n) is 8.75. The number of hydrogen-bond donors (Lipinski definition) is 2. The van der Waals surface area contributed by atoms with E-state index in [-0.39, 0.29) is 12.3 Å². The van der Waals surface area contributed by atoms with Gasteiger partial charge in [0.1, 0.15) is 12.1 Å². The van der Waals surface area contributed by atoms with Crippen LogP contribution in [0.15, 0.2) is 36.4 Å². The molecule has 0 amide bonds. The van der Waals surface area contributed by atoms with Gasteiger partial charge in [-0.1, -0.05) is 12.1 Å². The number of nitrogens with two attached hydrogens (primary N) is 1. The number of aryl methyl sites for hydroxylation is 2. The van der Waals surface area contributed by atoms with Crippen LogP contribution in [0, 0.1) is 36.5 Å². The highest BCUT2D eigenvalue weighted by Gasteiger charge is 2.08. The minimum atomic E-state index is -4.35. The lowest BCUT2D eigenvalue weighted by Gasteiger charge is -2.22. The van der Waals surface area contributed by atoms with E-state index in [9.17, 15) is 8.42 Å². The fourth-order valence-electron chi connectivity index (χ4n) is 2.53. The first-order chi connectivity index (χ1) is 13.6. The van der Waals surface area contributed by atoms with E-state index in [1.54, 1.807) is 12.1 Å². The summed E-state index contributed by atoms with van der Waals surface area (Å²) in [5, 5.41) is 17.2. The molecule has 0 atom stereocenters. The standard InChI is InChI=1S/C11H17NO4S.C9H7N3/c1-3-12(7-8-16-17(13,14)15)11-6-4-5-10(2)9-11;1-6-2-7(4-10)9(12)8(3-6)5-11/h4-6,9H,3,7-8H2,1-2H3,(H,13,14,15);2-3H,12H2,1H3. The molecule has 0 heterocycles. The predicted molar refractivity (Wildman–Crippen MR) is 112 cm³/mol. The first-order valence-corrected chi connectivity index (χ1v) is 10.1. The summed E-state index contributed by atoms with van der Waals surface area (Å²) in [6.07, 6.45) is 0. The lowest BCUT2D eigenvalue weighted by atomic mass is 10.1. The Morgan fingerprint density at radius 1 is 1.10 bits per heavy atom. The molecule has 0 fully saturated rings. The molecule has 0 aromatic heterocycles. The monoisotopic (exact) mass is 416 g/mol. The summed E-state index contributed by atoms with van der Waals surface area (Å²) in [7, 11) is -4.35. The van der Waals surface area contributed by atoms with Gasteiger partial charge in [-0.05, 0) is 56.2 Å². The second kappa shape index (κ2) is 11.0. The second-order valence-electron chi connectivity index (χ2n) is 6.17. The summed E-state index contributed by atoms with van der Waals surface area (Å²) in [5.74, 6) is 0. The molecular formula is C20H24N4O4S. The first kappa shape index (κ1) is 23.9. The number of hydrogen-bond acceptors (Lipinski definition) is 7. The predicted octanol–water partition coefficient (Wildman–Crippen LogP) is 2.96. The fourth-order valence-corrected chi connectivity index (χ4v) is 2.81. The van der Waals surface area contributed by atoms with Crippen LogP contribution in [-0.4, -0.2) is 32.7 Å². The van der Waals surface area contributed by atoms with Gasteiger partial charge in [-0.2, -0.15) is 18.9 Å². The quantitative estimate of drug-likeness (QED) is 0.541. The molecule has 2 aromatic carbocycles. The molecule has 9 heteroatoms. The smallest absolute Gasteiger partial charge is 0.397 e. The molecule has 0 radical (unpaired) electrons. The average molecular weight is 417 g/mol. The summed E-state index contributed by atoms with van der Waals surface area (Å²) in [6, 6.07) is 15.1. The van der Waals surface area contributed by atoms with Crippen molar-refractivity contribution in [2.24, 2.45) is 0 Å². The molecule has 2 rings (SSSR count). The van der Waals surface area contributed by atoms with Crippen LogP contribution < -0.4 is 10.6 Å². The zero-order chi connectivity index (χ0) is 22.0. The van der Waals surface area contributed by atoms with Gasteiger partial charge in [0.05, 0.1) is 23.4 Å². The Morgan fingerprint density at radius 2 is 1.69 bits per heavy atom. The molecule has 0 spiro atoms.